The van der Waals surface area contributed by atoms with Crippen molar-refractivity contribution in [3.05, 3.63) is 46.8 Å². The van der Waals surface area contributed by atoms with Crippen LogP contribution in [0.3, 0.4) is 0 Å². The molecular weight excluding hydrogens is 424 g/mol. The van der Waals surface area contributed by atoms with Gasteiger partial charge in [0, 0.05) is 9.86 Å². The Labute approximate surface area is 170 Å². The van der Waals surface area contributed by atoms with E-state index in [1.165, 1.54) is 25.2 Å². The molecule has 1 N–H and O–H groups in total. The number of hydrogen-bond acceptors (Lipinski definition) is 5. The van der Waals surface area contributed by atoms with Gasteiger partial charge in [0.05, 0.1) is 18.4 Å². The molecule has 1 aliphatic heterocycles. The Hall–Kier alpha value is -2.45. The lowest BCUT2D eigenvalue weighted by Crippen LogP contribution is -2.27. The first kappa shape index (κ1) is 18.9. The zero-order valence-electron chi connectivity index (χ0n) is 15.3. The molecule has 1 aromatic carbocycles. The van der Waals surface area contributed by atoms with Gasteiger partial charge in [-0.05, 0) is 56.3 Å². The number of nitrogens with zero attached hydrogens (tertiary/aromatic N) is 4. The van der Waals surface area contributed by atoms with Crippen LogP contribution in [0.5, 0.6) is 5.88 Å². The smallest absolute Gasteiger partial charge is 0.331 e. The maximum Gasteiger partial charge on any atom is 0.331 e. The molecule has 1 aliphatic rings. The molecule has 4 rings (SSSR count). The van der Waals surface area contributed by atoms with Gasteiger partial charge in [-0.2, -0.15) is 0 Å². The van der Waals surface area contributed by atoms with E-state index < -0.39 is 5.91 Å². The van der Waals surface area contributed by atoms with Crippen LogP contribution in [0.1, 0.15) is 36.2 Å². The summed E-state index contributed by atoms with van der Waals surface area (Å²) in [6.45, 7) is 2.58. The minimum atomic E-state index is -0.590. The van der Waals surface area contributed by atoms with E-state index in [0.29, 0.717) is 6.67 Å². The van der Waals surface area contributed by atoms with Gasteiger partial charge in [-0.3, -0.25) is 14.3 Å². The Morgan fingerprint density at radius 3 is 2.68 bits per heavy atom. The highest BCUT2D eigenvalue weighted by Crippen LogP contribution is 2.40. The fraction of sp³-hybridized carbons (Fsp3) is 0.350. The van der Waals surface area contributed by atoms with Crippen molar-refractivity contribution < 1.29 is 14.3 Å². The highest BCUT2D eigenvalue weighted by Gasteiger charge is 2.20. The van der Waals surface area contributed by atoms with Crippen molar-refractivity contribution >= 4 is 38.4 Å². The summed E-state index contributed by atoms with van der Waals surface area (Å²) in [5.41, 5.74) is 1.13. The van der Waals surface area contributed by atoms with E-state index in [4.69, 9.17) is 4.42 Å². The number of aromatic hydroxyl groups is 1. The van der Waals surface area contributed by atoms with Gasteiger partial charge < -0.3 is 9.52 Å². The molecule has 0 aliphatic carbocycles. The molecule has 2 aromatic heterocycles. The molecular formula is C20H21BrN4O3. The van der Waals surface area contributed by atoms with Crippen LogP contribution in [-0.2, 0) is 6.67 Å². The Kier molecular flexibility index (Phi) is 5.59. The van der Waals surface area contributed by atoms with E-state index in [2.05, 4.69) is 31.1 Å². The van der Waals surface area contributed by atoms with Gasteiger partial charge in [-0.15, -0.1) is 10.2 Å². The van der Waals surface area contributed by atoms with Crippen LogP contribution in [0.2, 0.25) is 0 Å². The molecule has 8 heteroatoms. The summed E-state index contributed by atoms with van der Waals surface area (Å²) >= 11 is 3.47. The minimum Gasteiger partial charge on any atom is -0.493 e. The molecule has 0 unspecified atom stereocenters. The number of carbonyl (C=O) groups excluding carboxylic acids is 1. The Balaban J connectivity index is 1.70. The van der Waals surface area contributed by atoms with E-state index in [0.717, 1.165) is 41.3 Å². The van der Waals surface area contributed by atoms with E-state index >= 15 is 0 Å². The summed E-state index contributed by atoms with van der Waals surface area (Å²) in [6, 6.07) is 8.88. The average molecular weight is 445 g/mol. The van der Waals surface area contributed by atoms with Gasteiger partial charge in [0.15, 0.2) is 11.4 Å². The van der Waals surface area contributed by atoms with Crippen molar-refractivity contribution in [2.24, 2.45) is 10.2 Å². The van der Waals surface area contributed by atoms with E-state index in [1.54, 1.807) is 6.07 Å². The second-order valence-electron chi connectivity index (χ2n) is 6.92. The molecule has 146 valence electrons. The maximum atomic E-state index is 12.1. The van der Waals surface area contributed by atoms with Crippen molar-refractivity contribution in [2.75, 3.05) is 13.1 Å². The number of likely N-dealkylation sites (tertiary alicyclic amines) is 1. The van der Waals surface area contributed by atoms with Crippen LogP contribution in [0.25, 0.3) is 10.9 Å². The summed E-state index contributed by atoms with van der Waals surface area (Å²) < 4.78 is 7.75. The molecule has 7 nitrogen and oxygen atoms in total. The largest absolute Gasteiger partial charge is 0.493 e. The lowest BCUT2D eigenvalue weighted by atomic mass is 10.2. The number of azo groups is 1. The zero-order chi connectivity index (χ0) is 19.5. The molecule has 3 aromatic rings. The van der Waals surface area contributed by atoms with E-state index in [1.807, 2.05) is 22.8 Å². The summed E-state index contributed by atoms with van der Waals surface area (Å²) in [6.07, 6.45) is 6.22. The number of amides is 1. The van der Waals surface area contributed by atoms with Gasteiger partial charge in [0.1, 0.15) is 0 Å². The van der Waals surface area contributed by atoms with Crippen LogP contribution >= 0.6 is 15.9 Å². The van der Waals surface area contributed by atoms with Gasteiger partial charge in [-0.1, -0.05) is 28.8 Å². The molecule has 1 amide bonds. The first-order valence-corrected chi connectivity index (χ1v) is 10.2. The van der Waals surface area contributed by atoms with Crippen molar-refractivity contribution in [1.82, 2.24) is 9.47 Å². The van der Waals surface area contributed by atoms with Crippen LogP contribution < -0.4 is 0 Å². The predicted molar refractivity (Wildman–Crippen MR) is 109 cm³/mol. The van der Waals surface area contributed by atoms with Crippen molar-refractivity contribution in [3.8, 4) is 5.88 Å². The number of hydrogen-bond donors (Lipinski definition) is 1. The predicted octanol–water partition coefficient (Wildman–Crippen LogP) is 5.46. The topological polar surface area (TPSA) is 83.3 Å². The zero-order valence-corrected chi connectivity index (χ0v) is 16.9. The lowest BCUT2D eigenvalue weighted by molar-refractivity contribution is 0.0968. The number of carbonyl (C=O) groups is 1. The Morgan fingerprint density at radius 1 is 1.18 bits per heavy atom. The summed E-state index contributed by atoms with van der Waals surface area (Å²) in [4.78, 5) is 14.4. The average Bonchev–Trinajstić information content (AvgIpc) is 3.21. The summed E-state index contributed by atoms with van der Waals surface area (Å²) in [5, 5.41) is 19.4. The quantitative estimate of drug-likeness (QED) is 0.541. The van der Waals surface area contributed by atoms with Crippen molar-refractivity contribution in [3.63, 3.8) is 0 Å². The van der Waals surface area contributed by atoms with Crippen LogP contribution in [0.4, 0.5) is 5.69 Å². The van der Waals surface area contributed by atoms with E-state index in [-0.39, 0.29) is 17.3 Å². The number of halogens is 1. The standard InChI is InChI=1S/C20H21BrN4O3/c21-14-7-8-16-15(12-14)18(22-23-19(26)17-6-5-11-28-17)20(27)25(16)13-24-9-3-1-2-4-10-24/h5-8,11-12,27H,1-4,9-10,13H2. The number of benzene rings is 1. The van der Waals surface area contributed by atoms with Gasteiger partial charge in [0.2, 0.25) is 5.88 Å². The van der Waals surface area contributed by atoms with E-state index in [9.17, 15) is 9.90 Å². The number of fused-ring (bicyclic) bond motifs is 1. The third-order valence-corrected chi connectivity index (χ3v) is 5.48. The summed E-state index contributed by atoms with van der Waals surface area (Å²) in [7, 11) is 0. The Bertz CT molecular complexity index is 1000. The number of aromatic nitrogens is 1. The molecule has 0 bridgehead atoms. The molecule has 28 heavy (non-hydrogen) atoms. The highest BCUT2D eigenvalue weighted by molar-refractivity contribution is 9.10. The Morgan fingerprint density at radius 2 is 1.96 bits per heavy atom. The van der Waals surface area contributed by atoms with Crippen molar-refractivity contribution in [1.29, 1.82) is 0 Å². The summed E-state index contributed by atoms with van der Waals surface area (Å²) in [5.74, 6) is -0.473. The third kappa shape index (κ3) is 3.88. The maximum absolute atomic E-state index is 12.1. The SMILES string of the molecule is O=C(N=Nc1c(O)n(CN2CCCCCC2)c2ccc(Br)cc12)c1ccco1. The third-order valence-electron chi connectivity index (χ3n) is 4.98. The van der Waals surface area contributed by atoms with Gasteiger partial charge in [-0.25, -0.2) is 0 Å². The van der Waals surface area contributed by atoms with Crippen molar-refractivity contribution in [2.45, 2.75) is 32.4 Å². The molecule has 0 atom stereocenters. The van der Waals surface area contributed by atoms with Crippen LogP contribution in [0, 0.1) is 0 Å². The molecule has 3 heterocycles. The monoisotopic (exact) mass is 444 g/mol. The van der Waals surface area contributed by atoms with Gasteiger partial charge in [0.25, 0.3) is 0 Å². The van der Waals surface area contributed by atoms with Gasteiger partial charge >= 0.3 is 5.91 Å². The highest BCUT2D eigenvalue weighted by atomic mass is 79.9. The lowest BCUT2D eigenvalue weighted by Gasteiger charge is -2.21. The minimum absolute atomic E-state index is 0.00772. The first-order valence-electron chi connectivity index (χ1n) is 9.36. The first-order chi connectivity index (χ1) is 13.6. The van der Waals surface area contributed by atoms with Crippen LogP contribution in [0.15, 0.2) is 55.7 Å². The second-order valence-corrected chi connectivity index (χ2v) is 7.83. The second kappa shape index (κ2) is 8.28. The number of furan rings is 1. The fourth-order valence-corrected chi connectivity index (χ4v) is 3.92. The molecule has 1 fully saturated rings. The molecule has 0 radical (unpaired) electrons. The molecule has 0 spiro atoms. The fourth-order valence-electron chi connectivity index (χ4n) is 3.56. The van der Waals surface area contributed by atoms with Crippen LogP contribution in [-0.4, -0.2) is 33.6 Å². The number of rotatable bonds is 4. The molecule has 0 saturated carbocycles. The molecule has 1 saturated heterocycles. The normalized spacial score (nSPS) is 16.0.